The molecular weight excluding hydrogens is 255 g/mol. The molecule has 0 unspecified atom stereocenters. The Morgan fingerprint density at radius 1 is 1.05 bits per heavy atom. The summed E-state index contributed by atoms with van der Waals surface area (Å²) in [5.41, 5.74) is 1.69. The van der Waals surface area contributed by atoms with Crippen molar-refractivity contribution >= 4 is 12.6 Å². The molecule has 1 saturated heterocycles. The minimum absolute atomic E-state index is 0.345. The van der Waals surface area contributed by atoms with E-state index in [0.29, 0.717) is 5.69 Å². The Balaban J connectivity index is 1.83. The van der Waals surface area contributed by atoms with Crippen molar-refractivity contribution in [1.29, 1.82) is 0 Å². The number of nitrogens with one attached hydrogen (secondary N) is 1. The Morgan fingerprint density at radius 3 is 2.25 bits per heavy atom. The van der Waals surface area contributed by atoms with E-state index in [1.807, 2.05) is 39.8 Å². The summed E-state index contributed by atoms with van der Waals surface area (Å²) >= 11 is 0. The second-order valence-corrected chi connectivity index (χ2v) is 5.92. The van der Waals surface area contributed by atoms with Crippen LogP contribution in [0, 0.1) is 0 Å². The maximum absolute atomic E-state index is 5.98. The van der Waals surface area contributed by atoms with Gasteiger partial charge in [-0.15, -0.1) is 5.10 Å². The van der Waals surface area contributed by atoms with Crippen molar-refractivity contribution in [2.45, 2.75) is 38.9 Å². The maximum Gasteiger partial charge on any atom is 0.496 e. The molecule has 2 aromatic heterocycles. The van der Waals surface area contributed by atoms with Crippen LogP contribution in [-0.2, 0) is 9.31 Å². The lowest BCUT2D eigenvalue weighted by Gasteiger charge is -2.32. The van der Waals surface area contributed by atoms with Crippen molar-refractivity contribution in [1.82, 2.24) is 20.4 Å². The zero-order valence-electron chi connectivity index (χ0n) is 12.0. The number of hydrogen-bond donors (Lipinski definition) is 1. The highest BCUT2D eigenvalue weighted by Crippen LogP contribution is 2.36. The zero-order valence-corrected chi connectivity index (χ0v) is 12.0. The van der Waals surface area contributed by atoms with Gasteiger partial charge in [0, 0.05) is 11.7 Å². The molecule has 104 valence electrons. The van der Waals surface area contributed by atoms with Gasteiger partial charge in [-0.05, 0) is 33.8 Å². The fraction of sp³-hybridized carbons (Fsp3) is 0.462. The highest BCUT2D eigenvalue weighted by molar-refractivity contribution is 6.62. The van der Waals surface area contributed by atoms with Crippen LogP contribution >= 0.6 is 0 Å². The first-order chi connectivity index (χ1) is 9.39. The molecular formula is C13H17BN4O2. The van der Waals surface area contributed by atoms with E-state index in [-0.39, 0.29) is 18.3 Å². The fourth-order valence-corrected chi connectivity index (χ4v) is 2.00. The zero-order chi connectivity index (χ0) is 14.4. The molecule has 1 fully saturated rings. The minimum Gasteiger partial charge on any atom is -0.399 e. The standard InChI is InChI=1S/C13H17BN4O2/c1-12(2)13(3,4)20-14(19-12)9-5-6-10(15-7-9)11-8-16-18-17-11/h5-8H,1-4H3,(H,16,17,18). The van der Waals surface area contributed by atoms with Crippen LogP contribution in [0.2, 0.25) is 0 Å². The van der Waals surface area contributed by atoms with E-state index < -0.39 is 0 Å². The molecule has 0 bridgehead atoms. The predicted octanol–water partition coefficient (Wildman–Crippen LogP) is 1.17. The number of nitrogens with zero attached hydrogens (tertiary/aromatic N) is 3. The third-order valence-electron chi connectivity index (χ3n) is 3.99. The number of hydrogen-bond acceptors (Lipinski definition) is 5. The van der Waals surface area contributed by atoms with Crippen molar-refractivity contribution in [2.75, 3.05) is 0 Å². The predicted molar refractivity (Wildman–Crippen MR) is 75.3 cm³/mol. The van der Waals surface area contributed by atoms with Crippen LogP contribution in [0.25, 0.3) is 11.4 Å². The summed E-state index contributed by atoms with van der Waals surface area (Å²) in [4.78, 5) is 4.38. The number of aromatic nitrogens is 4. The monoisotopic (exact) mass is 272 g/mol. The van der Waals surface area contributed by atoms with Crippen molar-refractivity contribution in [2.24, 2.45) is 0 Å². The van der Waals surface area contributed by atoms with Crippen LogP contribution in [0.5, 0.6) is 0 Å². The van der Waals surface area contributed by atoms with Crippen molar-refractivity contribution < 1.29 is 9.31 Å². The van der Waals surface area contributed by atoms with Crippen LogP contribution in [0.3, 0.4) is 0 Å². The first-order valence-corrected chi connectivity index (χ1v) is 6.57. The highest BCUT2D eigenvalue weighted by Gasteiger charge is 2.51. The first-order valence-electron chi connectivity index (χ1n) is 6.57. The lowest BCUT2D eigenvalue weighted by atomic mass is 9.80. The van der Waals surface area contributed by atoms with E-state index in [1.165, 1.54) is 0 Å². The van der Waals surface area contributed by atoms with Gasteiger partial charge >= 0.3 is 7.12 Å². The topological polar surface area (TPSA) is 72.9 Å². The second-order valence-electron chi connectivity index (χ2n) is 5.92. The highest BCUT2D eigenvalue weighted by atomic mass is 16.7. The van der Waals surface area contributed by atoms with Crippen LogP contribution in [0.1, 0.15) is 27.7 Å². The van der Waals surface area contributed by atoms with E-state index in [1.54, 1.807) is 12.4 Å². The Bertz CT molecular complexity index is 579. The number of pyridine rings is 1. The van der Waals surface area contributed by atoms with Crippen LogP contribution < -0.4 is 5.46 Å². The molecule has 0 aromatic carbocycles. The summed E-state index contributed by atoms with van der Waals surface area (Å²) in [7, 11) is -0.390. The van der Waals surface area contributed by atoms with Gasteiger partial charge in [-0.3, -0.25) is 10.1 Å². The summed E-state index contributed by atoms with van der Waals surface area (Å²) in [6, 6.07) is 3.83. The average molecular weight is 272 g/mol. The van der Waals surface area contributed by atoms with Gasteiger partial charge in [0.05, 0.1) is 23.1 Å². The second kappa shape index (κ2) is 4.39. The summed E-state index contributed by atoms with van der Waals surface area (Å²) in [5, 5.41) is 10.3. The molecule has 3 heterocycles. The largest absolute Gasteiger partial charge is 0.496 e. The molecule has 0 amide bonds. The number of aromatic amines is 1. The molecule has 6 nitrogen and oxygen atoms in total. The molecule has 0 atom stereocenters. The summed E-state index contributed by atoms with van der Waals surface area (Å²) in [6.07, 6.45) is 3.46. The molecule has 7 heteroatoms. The molecule has 0 aliphatic carbocycles. The SMILES string of the molecule is CC1(C)OB(c2ccc(-c3c[nH]nn3)nc2)OC1(C)C. The van der Waals surface area contributed by atoms with Crippen molar-refractivity contribution in [3.8, 4) is 11.4 Å². The Hall–Kier alpha value is -1.73. The van der Waals surface area contributed by atoms with Gasteiger partial charge in [0.25, 0.3) is 0 Å². The van der Waals surface area contributed by atoms with Gasteiger partial charge in [0.1, 0.15) is 5.69 Å². The molecule has 2 aromatic rings. The van der Waals surface area contributed by atoms with Gasteiger partial charge < -0.3 is 9.31 Å². The fourth-order valence-electron chi connectivity index (χ4n) is 2.00. The van der Waals surface area contributed by atoms with Gasteiger partial charge in [0.2, 0.25) is 0 Å². The van der Waals surface area contributed by atoms with Crippen molar-refractivity contribution in [3.63, 3.8) is 0 Å². The summed E-state index contributed by atoms with van der Waals surface area (Å²) in [6.45, 7) is 8.13. The Morgan fingerprint density at radius 2 is 1.75 bits per heavy atom. The smallest absolute Gasteiger partial charge is 0.399 e. The van der Waals surface area contributed by atoms with Gasteiger partial charge in [-0.1, -0.05) is 11.3 Å². The molecule has 1 N–H and O–H groups in total. The summed E-state index contributed by atoms with van der Waals surface area (Å²) < 4.78 is 12.0. The number of rotatable bonds is 2. The third kappa shape index (κ3) is 2.12. The molecule has 3 rings (SSSR count). The summed E-state index contributed by atoms with van der Waals surface area (Å²) in [5.74, 6) is 0. The van der Waals surface area contributed by atoms with Crippen LogP contribution in [-0.4, -0.2) is 38.7 Å². The lowest BCUT2D eigenvalue weighted by molar-refractivity contribution is 0.00578. The van der Waals surface area contributed by atoms with Gasteiger partial charge in [-0.25, -0.2) is 0 Å². The average Bonchev–Trinajstić information content (AvgIpc) is 2.97. The van der Waals surface area contributed by atoms with E-state index in [4.69, 9.17) is 9.31 Å². The maximum atomic E-state index is 5.98. The molecule has 0 spiro atoms. The van der Waals surface area contributed by atoms with Crippen molar-refractivity contribution in [3.05, 3.63) is 24.5 Å². The third-order valence-corrected chi connectivity index (χ3v) is 3.99. The quantitative estimate of drug-likeness (QED) is 0.831. The molecule has 0 saturated carbocycles. The van der Waals surface area contributed by atoms with E-state index >= 15 is 0 Å². The normalized spacial score (nSPS) is 20.3. The molecule has 0 radical (unpaired) electrons. The first kappa shape index (κ1) is 13.3. The van der Waals surface area contributed by atoms with E-state index in [9.17, 15) is 0 Å². The van der Waals surface area contributed by atoms with E-state index in [2.05, 4.69) is 20.4 Å². The van der Waals surface area contributed by atoms with Crippen LogP contribution in [0.4, 0.5) is 0 Å². The Kier molecular flexibility index (Phi) is 2.91. The van der Waals surface area contributed by atoms with Crippen LogP contribution in [0.15, 0.2) is 24.5 Å². The molecule has 1 aliphatic rings. The minimum atomic E-state index is -0.390. The Labute approximate surface area is 118 Å². The van der Waals surface area contributed by atoms with Gasteiger partial charge in [0.15, 0.2) is 0 Å². The van der Waals surface area contributed by atoms with E-state index in [0.717, 1.165) is 11.2 Å². The molecule has 1 aliphatic heterocycles. The van der Waals surface area contributed by atoms with Gasteiger partial charge in [-0.2, -0.15) is 0 Å². The number of H-pyrrole nitrogens is 1. The molecule has 20 heavy (non-hydrogen) atoms. The lowest BCUT2D eigenvalue weighted by Crippen LogP contribution is -2.41.